The average molecular weight is 483 g/mol. The molecule has 2 aromatic carbocycles. The third-order valence-corrected chi connectivity index (χ3v) is 8.27. The fourth-order valence-corrected chi connectivity index (χ4v) is 6.13. The molecule has 1 aromatic heterocycles. The van der Waals surface area contributed by atoms with Crippen molar-refractivity contribution in [3.05, 3.63) is 58.4 Å². The first-order valence-electron chi connectivity index (χ1n) is 11.5. The van der Waals surface area contributed by atoms with Crippen molar-refractivity contribution in [3.8, 4) is 11.4 Å². The van der Waals surface area contributed by atoms with E-state index in [-0.39, 0.29) is 16.3 Å². The van der Waals surface area contributed by atoms with Crippen molar-refractivity contribution in [2.45, 2.75) is 50.0 Å². The van der Waals surface area contributed by atoms with Gasteiger partial charge in [-0.15, -0.1) is 10.2 Å². The van der Waals surface area contributed by atoms with Crippen LogP contribution < -0.4 is 5.32 Å². The number of aryl methyl sites for hydroxylation is 1. The predicted molar refractivity (Wildman–Crippen MR) is 127 cm³/mol. The predicted octanol–water partition coefficient (Wildman–Crippen LogP) is 4.11. The molecule has 0 unspecified atom stereocenters. The van der Waals surface area contributed by atoms with Gasteiger partial charge in [0.1, 0.15) is 11.5 Å². The Morgan fingerprint density at radius 1 is 0.941 bits per heavy atom. The van der Waals surface area contributed by atoms with Crippen LogP contribution in [-0.4, -0.2) is 45.5 Å². The molecule has 2 aliphatic heterocycles. The molecule has 1 fully saturated rings. The number of hydrogen-bond acceptors (Lipinski definition) is 7. The standard InChI is InChI=1S/C23H26N6O4S/c30-29(31)21-16-19(34(32,33)27-12-4-5-13-27)10-11-20(21)24-18-8-6-7-17(15-18)23-26-25-22-9-2-1-3-14-28(22)23/h6-8,10-11,15-16,24H,1-5,9,12-14H2. The second-order valence-corrected chi connectivity index (χ2v) is 10.6. The van der Waals surface area contributed by atoms with Crippen molar-refractivity contribution in [1.29, 1.82) is 0 Å². The van der Waals surface area contributed by atoms with Crippen molar-refractivity contribution in [2.24, 2.45) is 0 Å². The van der Waals surface area contributed by atoms with Gasteiger partial charge in [0.25, 0.3) is 5.69 Å². The molecule has 0 amide bonds. The van der Waals surface area contributed by atoms with Crippen LogP contribution in [0.4, 0.5) is 17.1 Å². The molecule has 5 rings (SSSR count). The second kappa shape index (κ2) is 9.15. The van der Waals surface area contributed by atoms with Gasteiger partial charge >= 0.3 is 0 Å². The van der Waals surface area contributed by atoms with Gasteiger partial charge in [-0.2, -0.15) is 4.31 Å². The maximum atomic E-state index is 12.9. The Morgan fingerprint density at radius 2 is 1.74 bits per heavy atom. The number of nitro groups is 1. The summed E-state index contributed by atoms with van der Waals surface area (Å²) >= 11 is 0. The first kappa shape index (κ1) is 22.5. The third-order valence-electron chi connectivity index (χ3n) is 6.38. The van der Waals surface area contributed by atoms with Crippen molar-refractivity contribution < 1.29 is 13.3 Å². The lowest BCUT2D eigenvalue weighted by Crippen LogP contribution is -2.27. The van der Waals surface area contributed by atoms with Crippen LogP contribution in [0, 0.1) is 10.1 Å². The molecule has 0 atom stereocenters. The maximum Gasteiger partial charge on any atom is 0.294 e. The highest BCUT2D eigenvalue weighted by Crippen LogP contribution is 2.33. The second-order valence-electron chi connectivity index (χ2n) is 8.66. The van der Waals surface area contributed by atoms with Gasteiger partial charge in [0.15, 0.2) is 5.82 Å². The number of rotatable bonds is 6. The largest absolute Gasteiger partial charge is 0.350 e. The number of anilines is 2. The molecular weight excluding hydrogens is 456 g/mol. The lowest BCUT2D eigenvalue weighted by molar-refractivity contribution is -0.384. The zero-order chi connectivity index (χ0) is 23.7. The van der Waals surface area contributed by atoms with Crippen molar-refractivity contribution in [3.63, 3.8) is 0 Å². The smallest absolute Gasteiger partial charge is 0.294 e. The quantitative estimate of drug-likeness (QED) is 0.414. The fraction of sp³-hybridized carbons (Fsp3) is 0.391. The molecule has 1 N–H and O–H groups in total. The van der Waals surface area contributed by atoms with Crippen molar-refractivity contribution in [1.82, 2.24) is 19.1 Å². The van der Waals surface area contributed by atoms with Crippen LogP contribution in [0.25, 0.3) is 11.4 Å². The molecule has 11 heteroatoms. The number of fused-ring (bicyclic) bond motifs is 1. The van der Waals surface area contributed by atoms with Crippen LogP contribution in [0.1, 0.15) is 37.9 Å². The zero-order valence-electron chi connectivity index (χ0n) is 18.7. The first-order valence-corrected chi connectivity index (χ1v) is 13.0. The Morgan fingerprint density at radius 3 is 2.53 bits per heavy atom. The van der Waals surface area contributed by atoms with Crippen LogP contribution in [0.2, 0.25) is 0 Å². The summed E-state index contributed by atoms with van der Waals surface area (Å²) in [6, 6.07) is 11.5. The van der Waals surface area contributed by atoms with E-state index in [1.807, 2.05) is 24.3 Å². The summed E-state index contributed by atoms with van der Waals surface area (Å²) in [6.07, 6.45) is 5.85. The first-order chi connectivity index (χ1) is 16.4. The highest BCUT2D eigenvalue weighted by Gasteiger charge is 2.29. The molecule has 3 heterocycles. The molecule has 178 valence electrons. The molecule has 2 aliphatic rings. The van der Waals surface area contributed by atoms with Gasteiger partial charge in [0, 0.05) is 43.4 Å². The Bertz CT molecular complexity index is 1330. The minimum atomic E-state index is -3.75. The van der Waals surface area contributed by atoms with E-state index in [1.54, 1.807) is 0 Å². The SMILES string of the molecule is O=[N+]([O-])c1cc(S(=O)(=O)N2CCCC2)ccc1Nc1cccc(-c2nnc3n2CCCCC3)c1. The van der Waals surface area contributed by atoms with E-state index in [0.717, 1.165) is 68.3 Å². The highest BCUT2D eigenvalue weighted by atomic mass is 32.2. The zero-order valence-corrected chi connectivity index (χ0v) is 19.5. The number of aromatic nitrogens is 3. The van der Waals surface area contributed by atoms with Crippen LogP contribution in [0.5, 0.6) is 0 Å². The Hall–Kier alpha value is -3.31. The van der Waals surface area contributed by atoms with Crippen molar-refractivity contribution in [2.75, 3.05) is 18.4 Å². The molecule has 0 aliphatic carbocycles. The topological polar surface area (TPSA) is 123 Å². The fourth-order valence-electron chi connectivity index (χ4n) is 4.60. The molecule has 34 heavy (non-hydrogen) atoms. The van der Waals surface area contributed by atoms with Crippen LogP contribution >= 0.6 is 0 Å². The Kier molecular flexibility index (Phi) is 6.05. The van der Waals surface area contributed by atoms with Gasteiger partial charge in [0.2, 0.25) is 10.0 Å². The lowest BCUT2D eigenvalue weighted by atomic mass is 10.1. The van der Waals surface area contributed by atoms with Crippen molar-refractivity contribution >= 4 is 27.1 Å². The summed E-state index contributed by atoms with van der Waals surface area (Å²) in [5.41, 5.74) is 1.44. The summed E-state index contributed by atoms with van der Waals surface area (Å²) in [4.78, 5) is 11.2. The number of nitro benzene ring substituents is 1. The summed E-state index contributed by atoms with van der Waals surface area (Å²) in [7, 11) is -3.75. The molecule has 0 radical (unpaired) electrons. The molecule has 3 aromatic rings. The Labute approximate surface area is 197 Å². The van der Waals surface area contributed by atoms with Gasteiger partial charge in [-0.05, 0) is 49.9 Å². The summed E-state index contributed by atoms with van der Waals surface area (Å²) < 4.78 is 29.3. The van der Waals surface area contributed by atoms with E-state index in [2.05, 4.69) is 20.1 Å². The summed E-state index contributed by atoms with van der Waals surface area (Å²) in [5, 5.41) is 23.6. The van der Waals surface area contributed by atoms with Crippen LogP contribution in [0.3, 0.4) is 0 Å². The van der Waals surface area contributed by atoms with E-state index in [4.69, 9.17) is 0 Å². The van der Waals surface area contributed by atoms with E-state index in [1.165, 1.54) is 16.4 Å². The third kappa shape index (κ3) is 4.28. The average Bonchev–Trinajstić information content (AvgIpc) is 3.46. The van der Waals surface area contributed by atoms with E-state index in [9.17, 15) is 18.5 Å². The molecule has 0 saturated carbocycles. The highest BCUT2D eigenvalue weighted by molar-refractivity contribution is 7.89. The van der Waals surface area contributed by atoms with E-state index >= 15 is 0 Å². The maximum absolute atomic E-state index is 12.9. The number of nitrogens with one attached hydrogen (secondary N) is 1. The monoisotopic (exact) mass is 482 g/mol. The molecule has 0 bridgehead atoms. The van der Waals surface area contributed by atoms with Gasteiger partial charge in [-0.1, -0.05) is 18.6 Å². The number of benzene rings is 2. The minimum Gasteiger partial charge on any atom is -0.350 e. The number of nitrogens with zero attached hydrogens (tertiary/aromatic N) is 5. The van der Waals surface area contributed by atoms with E-state index in [0.29, 0.717) is 18.8 Å². The minimum absolute atomic E-state index is 0.0634. The van der Waals surface area contributed by atoms with Gasteiger partial charge in [-0.3, -0.25) is 10.1 Å². The molecule has 1 saturated heterocycles. The van der Waals surface area contributed by atoms with Crippen LogP contribution in [0.15, 0.2) is 47.4 Å². The van der Waals surface area contributed by atoms with Gasteiger partial charge in [0.05, 0.1) is 9.82 Å². The van der Waals surface area contributed by atoms with Gasteiger partial charge in [-0.25, -0.2) is 8.42 Å². The molecular formula is C23H26N6O4S. The normalized spacial score (nSPS) is 16.7. The lowest BCUT2D eigenvalue weighted by Gasteiger charge is -2.16. The summed E-state index contributed by atoms with van der Waals surface area (Å²) in [6.45, 7) is 1.75. The Balaban J connectivity index is 1.45. The number of sulfonamides is 1. The van der Waals surface area contributed by atoms with E-state index < -0.39 is 14.9 Å². The number of hydrogen-bond donors (Lipinski definition) is 1. The molecule has 0 spiro atoms. The van der Waals surface area contributed by atoms with Crippen LogP contribution in [-0.2, 0) is 23.0 Å². The van der Waals surface area contributed by atoms with Gasteiger partial charge < -0.3 is 9.88 Å². The summed E-state index contributed by atoms with van der Waals surface area (Å²) in [5.74, 6) is 1.76. The molecule has 10 nitrogen and oxygen atoms in total.